The molecule has 1 aromatic carbocycles. The molecule has 118 valence electrons. The van der Waals surface area contributed by atoms with Gasteiger partial charge in [-0.15, -0.1) is 0 Å². The van der Waals surface area contributed by atoms with Crippen LogP contribution in [0.2, 0.25) is 0 Å². The zero-order valence-electron chi connectivity index (χ0n) is 13.8. The number of halogens is 1. The van der Waals surface area contributed by atoms with E-state index in [0.717, 1.165) is 19.6 Å². The molecular formula is C17H27FN2O. The highest BCUT2D eigenvalue weighted by atomic mass is 19.1. The first-order chi connectivity index (χ1) is 9.81. The molecule has 4 heteroatoms. The Balaban J connectivity index is 2.79. The summed E-state index contributed by atoms with van der Waals surface area (Å²) in [6.07, 6.45) is 0. The summed E-state index contributed by atoms with van der Waals surface area (Å²) >= 11 is 0. The Bertz CT molecular complexity index is 443. The number of rotatable bonds is 8. The molecule has 0 fully saturated rings. The highest BCUT2D eigenvalue weighted by Gasteiger charge is 2.23. The van der Waals surface area contributed by atoms with E-state index in [1.54, 1.807) is 12.1 Å². The van der Waals surface area contributed by atoms with E-state index in [1.165, 1.54) is 12.1 Å². The average molecular weight is 294 g/mol. The van der Waals surface area contributed by atoms with Crippen LogP contribution in [0.1, 0.15) is 31.1 Å². The van der Waals surface area contributed by atoms with E-state index in [1.807, 2.05) is 21.0 Å². The Morgan fingerprint density at radius 3 is 2.14 bits per heavy atom. The summed E-state index contributed by atoms with van der Waals surface area (Å²) in [6, 6.07) is 5.61. The van der Waals surface area contributed by atoms with Crippen molar-refractivity contribution < 1.29 is 9.18 Å². The summed E-state index contributed by atoms with van der Waals surface area (Å²) in [6.45, 7) is 8.87. The van der Waals surface area contributed by atoms with Crippen molar-refractivity contribution in [2.75, 3.05) is 33.7 Å². The van der Waals surface area contributed by atoms with Crippen molar-refractivity contribution in [1.29, 1.82) is 0 Å². The van der Waals surface area contributed by atoms with Crippen LogP contribution in [-0.2, 0) is 0 Å². The minimum atomic E-state index is -0.314. The van der Waals surface area contributed by atoms with Crippen LogP contribution >= 0.6 is 0 Å². The second-order valence-corrected chi connectivity index (χ2v) is 6.24. The standard InChI is InChI=1S/C17H27FN2O/c1-13(2)12-20(11-10-19(4)5)14(3)17(21)15-6-8-16(18)9-7-15/h6-9,13-14H,10-12H2,1-5H3. The molecule has 0 radical (unpaired) electrons. The molecule has 3 nitrogen and oxygen atoms in total. The minimum absolute atomic E-state index is 0.0504. The van der Waals surface area contributed by atoms with Crippen molar-refractivity contribution >= 4 is 5.78 Å². The van der Waals surface area contributed by atoms with E-state index < -0.39 is 0 Å². The van der Waals surface area contributed by atoms with Crippen molar-refractivity contribution in [1.82, 2.24) is 9.80 Å². The first-order valence-electron chi connectivity index (χ1n) is 7.49. The van der Waals surface area contributed by atoms with Gasteiger partial charge >= 0.3 is 0 Å². The van der Waals surface area contributed by atoms with E-state index in [0.29, 0.717) is 11.5 Å². The third kappa shape index (κ3) is 5.94. The Hall–Kier alpha value is -1.26. The topological polar surface area (TPSA) is 23.6 Å². The monoisotopic (exact) mass is 294 g/mol. The molecule has 21 heavy (non-hydrogen) atoms. The molecule has 1 unspecified atom stereocenters. The molecule has 0 saturated heterocycles. The maximum absolute atomic E-state index is 13.0. The Morgan fingerprint density at radius 2 is 1.67 bits per heavy atom. The third-order valence-electron chi connectivity index (χ3n) is 3.49. The van der Waals surface area contributed by atoms with Crippen molar-refractivity contribution in [3.8, 4) is 0 Å². The SMILES string of the molecule is CC(C)CN(CCN(C)C)C(C)C(=O)c1ccc(F)cc1. The summed E-state index contributed by atoms with van der Waals surface area (Å²) < 4.78 is 13.0. The molecule has 0 aliphatic rings. The lowest BCUT2D eigenvalue weighted by Gasteiger charge is -2.30. The second kappa shape index (κ2) is 8.25. The molecule has 0 aliphatic carbocycles. The highest BCUT2D eigenvalue weighted by molar-refractivity contribution is 5.99. The lowest BCUT2D eigenvalue weighted by atomic mass is 10.0. The molecule has 0 aromatic heterocycles. The maximum Gasteiger partial charge on any atom is 0.179 e. The van der Waals surface area contributed by atoms with E-state index in [9.17, 15) is 9.18 Å². The first kappa shape index (κ1) is 17.8. The van der Waals surface area contributed by atoms with Crippen LogP contribution in [0.3, 0.4) is 0 Å². The van der Waals surface area contributed by atoms with Gasteiger partial charge in [-0.05, 0) is 51.2 Å². The predicted octanol–water partition coefficient (Wildman–Crippen LogP) is 2.92. The number of nitrogens with zero attached hydrogens (tertiary/aromatic N) is 2. The average Bonchev–Trinajstić information content (AvgIpc) is 2.42. The maximum atomic E-state index is 13.0. The fraction of sp³-hybridized carbons (Fsp3) is 0.588. The molecule has 1 aromatic rings. The van der Waals surface area contributed by atoms with Gasteiger partial charge in [-0.25, -0.2) is 4.39 Å². The third-order valence-corrected chi connectivity index (χ3v) is 3.49. The van der Waals surface area contributed by atoms with Crippen LogP contribution in [0, 0.1) is 11.7 Å². The number of carbonyl (C=O) groups excluding carboxylic acids is 1. The zero-order chi connectivity index (χ0) is 16.0. The predicted molar refractivity (Wildman–Crippen MR) is 85.2 cm³/mol. The summed E-state index contributed by atoms with van der Waals surface area (Å²) in [5, 5.41) is 0. The van der Waals surface area contributed by atoms with Gasteiger partial charge in [0.2, 0.25) is 0 Å². The summed E-state index contributed by atoms with van der Waals surface area (Å²) in [4.78, 5) is 16.9. The molecule has 0 saturated carbocycles. The van der Waals surface area contributed by atoms with Gasteiger partial charge < -0.3 is 4.90 Å². The van der Waals surface area contributed by atoms with Gasteiger partial charge in [0.05, 0.1) is 6.04 Å². The molecule has 0 amide bonds. The van der Waals surface area contributed by atoms with E-state index in [4.69, 9.17) is 0 Å². The minimum Gasteiger partial charge on any atom is -0.308 e. The summed E-state index contributed by atoms with van der Waals surface area (Å²) in [7, 11) is 4.06. The van der Waals surface area contributed by atoms with E-state index in [-0.39, 0.29) is 17.6 Å². The molecule has 0 aliphatic heterocycles. The van der Waals surface area contributed by atoms with Crippen molar-refractivity contribution in [3.05, 3.63) is 35.6 Å². The first-order valence-corrected chi connectivity index (χ1v) is 7.49. The summed E-state index contributed by atoms with van der Waals surface area (Å²) in [5.41, 5.74) is 0.572. The highest BCUT2D eigenvalue weighted by Crippen LogP contribution is 2.12. The molecule has 1 rings (SSSR count). The number of ketones is 1. The Kier molecular flexibility index (Phi) is 6.99. The van der Waals surface area contributed by atoms with E-state index >= 15 is 0 Å². The smallest absolute Gasteiger partial charge is 0.179 e. The van der Waals surface area contributed by atoms with Crippen molar-refractivity contribution in [3.63, 3.8) is 0 Å². The number of carbonyl (C=O) groups is 1. The van der Waals surface area contributed by atoms with Crippen LogP contribution in [0.5, 0.6) is 0 Å². The fourth-order valence-corrected chi connectivity index (χ4v) is 2.26. The lowest BCUT2D eigenvalue weighted by Crippen LogP contribution is -2.44. The number of Topliss-reactive ketones (excluding diaryl/α,β-unsaturated/α-hetero) is 1. The molecule has 0 bridgehead atoms. The van der Waals surface area contributed by atoms with Crippen LogP contribution in [0.25, 0.3) is 0 Å². The number of likely N-dealkylation sites (N-methyl/N-ethyl adjacent to an activating group) is 1. The fourth-order valence-electron chi connectivity index (χ4n) is 2.26. The Morgan fingerprint density at radius 1 is 1.10 bits per heavy atom. The van der Waals surface area contributed by atoms with E-state index in [2.05, 4.69) is 23.6 Å². The number of hydrogen-bond acceptors (Lipinski definition) is 3. The van der Waals surface area contributed by atoms with Crippen LogP contribution in [-0.4, -0.2) is 55.4 Å². The van der Waals surface area contributed by atoms with Gasteiger partial charge in [-0.3, -0.25) is 9.69 Å². The number of hydrogen-bond donors (Lipinski definition) is 0. The second-order valence-electron chi connectivity index (χ2n) is 6.24. The Labute approximate surface area is 127 Å². The lowest BCUT2D eigenvalue weighted by molar-refractivity contribution is 0.0809. The summed E-state index contributed by atoms with van der Waals surface area (Å²) in [5.74, 6) is 0.232. The molecule has 0 spiro atoms. The van der Waals surface area contributed by atoms with Gasteiger partial charge in [0.1, 0.15) is 5.82 Å². The van der Waals surface area contributed by atoms with Crippen LogP contribution in [0.4, 0.5) is 4.39 Å². The normalized spacial score (nSPS) is 13.2. The van der Waals surface area contributed by atoms with Crippen LogP contribution < -0.4 is 0 Å². The molecule has 0 N–H and O–H groups in total. The largest absolute Gasteiger partial charge is 0.308 e. The van der Waals surface area contributed by atoms with Gasteiger partial charge in [-0.2, -0.15) is 0 Å². The number of benzene rings is 1. The molecule has 0 heterocycles. The van der Waals surface area contributed by atoms with Crippen molar-refractivity contribution in [2.24, 2.45) is 5.92 Å². The van der Waals surface area contributed by atoms with Gasteiger partial charge in [0.25, 0.3) is 0 Å². The van der Waals surface area contributed by atoms with Gasteiger partial charge in [0, 0.05) is 25.2 Å². The quantitative estimate of drug-likeness (QED) is 0.689. The molecular weight excluding hydrogens is 267 g/mol. The zero-order valence-corrected chi connectivity index (χ0v) is 13.8. The van der Waals surface area contributed by atoms with Gasteiger partial charge in [0.15, 0.2) is 5.78 Å². The van der Waals surface area contributed by atoms with Crippen LogP contribution in [0.15, 0.2) is 24.3 Å². The molecule has 1 atom stereocenters. The van der Waals surface area contributed by atoms with Gasteiger partial charge in [-0.1, -0.05) is 13.8 Å². The van der Waals surface area contributed by atoms with Crippen molar-refractivity contribution in [2.45, 2.75) is 26.8 Å².